The number of aromatic amines is 1. The van der Waals surface area contributed by atoms with Crippen LogP contribution in [0.4, 0.5) is 0 Å². The minimum Gasteiger partial charge on any atom is -0.478 e. The minimum absolute atomic E-state index is 0.0294. The number of hydrogen-bond acceptors (Lipinski definition) is 3. The molecule has 2 atom stereocenters. The smallest absolute Gasteiger partial charge is 0.335 e. The molecule has 5 nitrogen and oxygen atoms in total. The van der Waals surface area contributed by atoms with Crippen LogP contribution in [0.2, 0.25) is 0 Å². The summed E-state index contributed by atoms with van der Waals surface area (Å²) in [5, 5.41) is 10.6. The molecule has 1 spiro atoms. The molecule has 2 aliphatic heterocycles. The maximum atomic E-state index is 11.3. The second-order valence-corrected chi connectivity index (χ2v) is 9.26. The Morgan fingerprint density at radius 3 is 2.71 bits per heavy atom. The minimum atomic E-state index is -0.882. The fourth-order valence-corrected chi connectivity index (χ4v) is 5.62. The van der Waals surface area contributed by atoms with Gasteiger partial charge < -0.3 is 14.8 Å². The standard InChI is InChI=1S/C26H30N2O3/c1-17-14-18(2)24-21(8-11-27-24)22(17)16-28-12-10-26(9-3-13-31-26)15-23(28)19-4-6-20(7-5-19)25(29)30/h4-8,11,14,23,27H,3,9-10,12-13,15-16H2,1-2H3,(H,29,30)/t23-,26?/m0/s1. The van der Waals surface area contributed by atoms with Gasteiger partial charge in [0.15, 0.2) is 0 Å². The number of fused-ring (bicyclic) bond motifs is 1. The molecule has 3 aromatic rings. The molecular weight excluding hydrogens is 388 g/mol. The number of benzene rings is 2. The number of likely N-dealkylation sites (tertiary alicyclic amines) is 1. The highest BCUT2D eigenvalue weighted by molar-refractivity contribution is 5.88. The van der Waals surface area contributed by atoms with Crippen LogP contribution in [0.15, 0.2) is 42.6 Å². The van der Waals surface area contributed by atoms with E-state index in [1.807, 2.05) is 18.3 Å². The van der Waals surface area contributed by atoms with Gasteiger partial charge in [-0.15, -0.1) is 0 Å². The number of H-pyrrole nitrogens is 1. The lowest BCUT2D eigenvalue weighted by atomic mass is 9.81. The summed E-state index contributed by atoms with van der Waals surface area (Å²) >= 11 is 0. The van der Waals surface area contributed by atoms with E-state index in [1.165, 1.54) is 33.2 Å². The van der Waals surface area contributed by atoms with Crippen molar-refractivity contribution < 1.29 is 14.6 Å². The zero-order valence-electron chi connectivity index (χ0n) is 18.3. The van der Waals surface area contributed by atoms with E-state index in [0.29, 0.717) is 5.56 Å². The first kappa shape index (κ1) is 20.3. The number of piperidine rings is 1. The number of aromatic carboxylic acids is 1. The lowest BCUT2D eigenvalue weighted by Crippen LogP contribution is -2.45. The van der Waals surface area contributed by atoms with Crippen molar-refractivity contribution in [3.63, 3.8) is 0 Å². The number of nitrogens with one attached hydrogen (secondary N) is 1. The molecule has 5 heteroatoms. The predicted molar refractivity (Wildman–Crippen MR) is 121 cm³/mol. The van der Waals surface area contributed by atoms with Gasteiger partial charge in [0.1, 0.15) is 0 Å². The molecular formula is C26H30N2O3. The van der Waals surface area contributed by atoms with Crippen LogP contribution in [0.5, 0.6) is 0 Å². The Morgan fingerprint density at radius 2 is 2.00 bits per heavy atom. The fraction of sp³-hybridized carbons (Fsp3) is 0.423. The summed E-state index contributed by atoms with van der Waals surface area (Å²) in [6.07, 6.45) is 6.29. The second-order valence-electron chi connectivity index (χ2n) is 9.26. The SMILES string of the molecule is Cc1cc(C)c2[nH]ccc2c1CN1CCC2(CCCO2)C[C@H]1c1ccc(C(=O)O)cc1. The van der Waals surface area contributed by atoms with Crippen LogP contribution < -0.4 is 0 Å². The van der Waals surface area contributed by atoms with Gasteiger partial charge in [-0.05, 0) is 80.0 Å². The number of carboxylic acid groups (broad SMARTS) is 1. The average Bonchev–Trinajstić information content (AvgIpc) is 3.42. The molecule has 5 rings (SSSR count). The van der Waals surface area contributed by atoms with Gasteiger partial charge in [-0.25, -0.2) is 4.79 Å². The van der Waals surface area contributed by atoms with Gasteiger partial charge in [0, 0.05) is 42.8 Å². The highest BCUT2D eigenvalue weighted by Gasteiger charge is 2.43. The quantitative estimate of drug-likeness (QED) is 0.598. The van der Waals surface area contributed by atoms with E-state index in [9.17, 15) is 9.90 Å². The molecule has 2 fully saturated rings. The molecule has 0 aliphatic carbocycles. The number of hydrogen-bond donors (Lipinski definition) is 2. The Balaban J connectivity index is 1.50. The monoisotopic (exact) mass is 418 g/mol. The first-order chi connectivity index (χ1) is 15.0. The molecule has 31 heavy (non-hydrogen) atoms. The van der Waals surface area contributed by atoms with Crippen molar-refractivity contribution in [2.45, 2.75) is 57.7 Å². The number of nitrogens with zero attached hydrogens (tertiary/aromatic N) is 1. The molecule has 1 unspecified atom stereocenters. The second kappa shape index (κ2) is 7.81. The number of aromatic nitrogens is 1. The van der Waals surface area contributed by atoms with E-state index in [4.69, 9.17) is 4.74 Å². The summed E-state index contributed by atoms with van der Waals surface area (Å²) in [7, 11) is 0. The molecule has 2 aliphatic rings. The Morgan fingerprint density at radius 1 is 1.19 bits per heavy atom. The predicted octanol–water partition coefficient (Wildman–Crippen LogP) is 5.37. The highest BCUT2D eigenvalue weighted by atomic mass is 16.5. The fourth-order valence-electron chi connectivity index (χ4n) is 5.62. The third-order valence-corrected chi connectivity index (χ3v) is 7.32. The molecule has 2 saturated heterocycles. The van der Waals surface area contributed by atoms with Crippen molar-refractivity contribution in [2.75, 3.05) is 13.2 Å². The molecule has 2 aromatic carbocycles. The number of carbonyl (C=O) groups is 1. The third kappa shape index (κ3) is 3.66. The average molecular weight is 419 g/mol. The van der Waals surface area contributed by atoms with Crippen LogP contribution in [-0.4, -0.2) is 39.7 Å². The van der Waals surface area contributed by atoms with Crippen molar-refractivity contribution in [2.24, 2.45) is 0 Å². The molecule has 3 heterocycles. The third-order valence-electron chi connectivity index (χ3n) is 7.32. The lowest BCUT2D eigenvalue weighted by Gasteiger charge is -2.45. The molecule has 1 aromatic heterocycles. The molecule has 162 valence electrons. The van der Waals surface area contributed by atoms with Gasteiger partial charge in [0.25, 0.3) is 0 Å². The van der Waals surface area contributed by atoms with Crippen LogP contribution in [-0.2, 0) is 11.3 Å². The molecule has 0 saturated carbocycles. The summed E-state index contributed by atoms with van der Waals surface area (Å²) in [6.45, 7) is 7.07. The van der Waals surface area contributed by atoms with E-state index in [-0.39, 0.29) is 11.6 Å². The van der Waals surface area contributed by atoms with Gasteiger partial charge in [0.05, 0.1) is 11.2 Å². The Bertz CT molecular complexity index is 1110. The molecule has 2 N–H and O–H groups in total. The van der Waals surface area contributed by atoms with E-state index in [1.54, 1.807) is 12.1 Å². The Kier molecular flexibility index (Phi) is 5.11. The van der Waals surface area contributed by atoms with Crippen LogP contribution in [0.25, 0.3) is 10.9 Å². The zero-order chi connectivity index (χ0) is 21.6. The van der Waals surface area contributed by atoms with E-state index in [0.717, 1.165) is 45.4 Å². The number of rotatable bonds is 4. The Labute approximate surface area is 183 Å². The van der Waals surface area contributed by atoms with E-state index in [2.05, 4.69) is 35.9 Å². The summed E-state index contributed by atoms with van der Waals surface area (Å²) < 4.78 is 6.27. The highest BCUT2D eigenvalue weighted by Crippen LogP contribution is 2.45. The zero-order valence-corrected chi connectivity index (χ0v) is 18.3. The van der Waals surface area contributed by atoms with Crippen LogP contribution >= 0.6 is 0 Å². The molecule has 0 amide bonds. The van der Waals surface area contributed by atoms with Crippen molar-refractivity contribution >= 4 is 16.9 Å². The number of ether oxygens (including phenoxy) is 1. The van der Waals surface area contributed by atoms with Gasteiger partial charge in [-0.2, -0.15) is 0 Å². The van der Waals surface area contributed by atoms with Gasteiger partial charge >= 0.3 is 5.97 Å². The summed E-state index contributed by atoms with van der Waals surface area (Å²) in [5.41, 5.74) is 6.67. The van der Waals surface area contributed by atoms with Crippen molar-refractivity contribution in [3.8, 4) is 0 Å². The van der Waals surface area contributed by atoms with E-state index < -0.39 is 5.97 Å². The number of aryl methyl sites for hydroxylation is 2. The first-order valence-electron chi connectivity index (χ1n) is 11.2. The lowest BCUT2D eigenvalue weighted by molar-refractivity contribution is -0.0675. The van der Waals surface area contributed by atoms with E-state index >= 15 is 0 Å². The van der Waals surface area contributed by atoms with Crippen molar-refractivity contribution in [1.82, 2.24) is 9.88 Å². The van der Waals surface area contributed by atoms with Crippen molar-refractivity contribution in [3.05, 3.63) is 70.4 Å². The summed E-state index contributed by atoms with van der Waals surface area (Å²) in [6, 6.07) is 12.1. The molecule has 0 bridgehead atoms. The van der Waals surface area contributed by atoms with Crippen LogP contribution in [0.1, 0.15) is 64.3 Å². The number of carboxylic acids is 1. The largest absolute Gasteiger partial charge is 0.478 e. The molecule has 0 radical (unpaired) electrons. The van der Waals surface area contributed by atoms with Gasteiger partial charge in [0.2, 0.25) is 0 Å². The topological polar surface area (TPSA) is 65.6 Å². The Hall–Kier alpha value is -2.63. The first-order valence-corrected chi connectivity index (χ1v) is 11.2. The maximum Gasteiger partial charge on any atom is 0.335 e. The maximum absolute atomic E-state index is 11.3. The normalized spacial score (nSPS) is 24.3. The summed E-state index contributed by atoms with van der Waals surface area (Å²) in [5.74, 6) is -0.882. The van der Waals surface area contributed by atoms with Gasteiger partial charge in [-0.3, -0.25) is 4.90 Å². The van der Waals surface area contributed by atoms with Crippen molar-refractivity contribution in [1.29, 1.82) is 0 Å². The van der Waals surface area contributed by atoms with Gasteiger partial charge in [-0.1, -0.05) is 18.2 Å². The van der Waals surface area contributed by atoms with Crippen LogP contribution in [0, 0.1) is 13.8 Å². The van der Waals surface area contributed by atoms with Crippen LogP contribution in [0.3, 0.4) is 0 Å². The summed E-state index contributed by atoms with van der Waals surface area (Å²) in [4.78, 5) is 17.3.